The van der Waals surface area contributed by atoms with Crippen LogP contribution in [0.15, 0.2) is 77.3 Å². The number of Topliss-reactive ketones (excluding diaryl/α,β-unsaturated/α-hetero) is 1. The van der Waals surface area contributed by atoms with E-state index in [-0.39, 0.29) is 12.2 Å². The minimum absolute atomic E-state index is 0.295. The van der Waals surface area contributed by atoms with Crippen molar-refractivity contribution in [2.24, 2.45) is 0 Å². The van der Waals surface area contributed by atoms with Crippen molar-refractivity contribution in [3.63, 3.8) is 0 Å². The molecule has 1 heterocycles. The Morgan fingerprint density at radius 2 is 1.72 bits per heavy atom. The summed E-state index contributed by atoms with van der Waals surface area (Å²) in [6.45, 7) is 0.295. The third kappa shape index (κ3) is 3.73. The van der Waals surface area contributed by atoms with Gasteiger partial charge in [0.2, 0.25) is 0 Å². The van der Waals surface area contributed by atoms with E-state index in [0.717, 1.165) is 10.0 Å². The molecular formula is C23H17BrClNO3. The molecule has 1 aliphatic heterocycles. The fraction of sp³-hybridized carbons (Fsp3) is 0.130. The number of carbonyl (C=O) groups is 2. The van der Waals surface area contributed by atoms with Crippen molar-refractivity contribution in [3.05, 3.63) is 99.0 Å². The summed E-state index contributed by atoms with van der Waals surface area (Å²) in [4.78, 5) is 27.6. The molecule has 1 aliphatic rings. The Kier molecular flexibility index (Phi) is 5.30. The molecule has 3 aromatic rings. The highest BCUT2D eigenvalue weighted by Crippen LogP contribution is 2.44. The molecule has 0 spiro atoms. The van der Waals surface area contributed by atoms with Crippen molar-refractivity contribution in [1.29, 1.82) is 0 Å². The average Bonchev–Trinajstić information content (AvgIpc) is 2.91. The number of rotatable bonds is 5. The van der Waals surface area contributed by atoms with Crippen LogP contribution in [-0.2, 0) is 16.9 Å². The first-order valence-electron chi connectivity index (χ1n) is 9.05. The molecule has 1 amide bonds. The van der Waals surface area contributed by atoms with Crippen LogP contribution in [0, 0.1) is 0 Å². The zero-order valence-electron chi connectivity index (χ0n) is 15.3. The van der Waals surface area contributed by atoms with Crippen LogP contribution in [0.3, 0.4) is 0 Å². The van der Waals surface area contributed by atoms with E-state index >= 15 is 0 Å². The van der Waals surface area contributed by atoms with Gasteiger partial charge in [0.05, 0.1) is 18.7 Å². The second kappa shape index (κ2) is 7.75. The Morgan fingerprint density at radius 1 is 1.03 bits per heavy atom. The summed E-state index contributed by atoms with van der Waals surface area (Å²) in [5, 5.41) is 11.8. The Bertz CT molecular complexity index is 1090. The summed E-state index contributed by atoms with van der Waals surface area (Å²) >= 11 is 9.48. The number of ketones is 1. The topological polar surface area (TPSA) is 57.6 Å². The van der Waals surface area contributed by atoms with Crippen molar-refractivity contribution >= 4 is 44.9 Å². The third-order valence-electron chi connectivity index (χ3n) is 5.06. The highest BCUT2D eigenvalue weighted by atomic mass is 79.9. The average molecular weight is 471 g/mol. The summed E-state index contributed by atoms with van der Waals surface area (Å²) < 4.78 is 0.843. The Hall–Kier alpha value is -2.47. The van der Waals surface area contributed by atoms with Gasteiger partial charge in [-0.2, -0.15) is 0 Å². The molecule has 29 heavy (non-hydrogen) atoms. The monoisotopic (exact) mass is 469 g/mol. The lowest BCUT2D eigenvalue weighted by Crippen LogP contribution is -2.41. The Labute approximate surface area is 181 Å². The van der Waals surface area contributed by atoms with E-state index in [9.17, 15) is 14.7 Å². The normalized spacial score (nSPS) is 18.0. The Balaban J connectivity index is 1.71. The van der Waals surface area contributed by atoms with Crippen LogP contribution in [0.1, 0.15) is 27.9 Å². The van der Waals surface area contributed by atoms with Gasteiger partial charge >= 0.3 is 0 Å². The van der Waals surface area contributed by atoms with Gasteiger partial charge < -0.3 is 10.0 Å². The molecule has 0 fully saturated rings. The summed E-state index contributed by atoms with van der Waals surface area (Å²) in [5.41, 5.74) is 0.314. The number of hydrogen-bond donors (Lipinski definition) is 1. The fourth-order valence-corrected chi connectivity index (χ4v) is 4.02. The molecular weight excluding hydrogens is 454 g/mol. The number of aliphatic hydroxyl groups is 1. The first-order valence-corrected chi connectivity index (χ1v) is 10.2. The van der Waals surface area contributed by atoms with Crippen molar-refractivity contribution < 1.29 is 14.7 Å². The SMILES string of the molecule is O=C(C[C@]1(O)C(=O)N(Cc2ccccc2)c2ccc(Cl)cc21)c1ccc(Br)cc1. The molecule has 1 N–H and O–H groups in total. The van der Waals surface area contributed by atoms with Crippen LogP contribution in [0.25, 0.3) is 0 Å². The lowest BCUT2D eigenvalue weighted by Gasteiger charge is -2.23. The molecule has 0 saturated carbocycles. The number of halogens is 2. The predicted octanol–water partition coefficient (Wildman–Crippen LogP) is 5.11. The fourth-order valence-electron chi connectivity index (χ4n) is 3.59. The van der Waals surface area contributed by atoms with Crippen LogP contribution in [0.2, 0.25) is 5.02 Å². The van der Waals surface area contributed by atoms with E-state index in [1.807, 2.05) is 30.3 Å². The van der Waals surface area contributed by atoms with Gasteiger partial charge in [0, 0.05) is 20.6 Å². The van der Waals surface area contributed by atoms with Crippen LogP contribution >= 0.6 is 27.5 Å². The van der Waals surface area contributed by atoms with Crippen molar-refractivity contribution in [2.45, 2.75) is 18.6 Å². The quantitative estimate of drug-likeness (QED) is 0.527. The van der Waals surface area contributed by atoms with Gasteiger partial charge in [-0.1, -0.05) is 70.0 Å². The highest BCUT2D eigenvalue weighted by molar-refractivity contribution is 9.10. The van der Waals surface area contributed by atoms with Gasteiger partial charge in [0.25, 0.3) is 5.91 Å². The lowest BCUT2D eigenvalue weighted by molar-refractivity contribution is -0.136. The van der Waals surface area contributed by atoms with Crippen molar-refractivity contribution in [3.8, 4) is 0 Å². The van der Waals surface area contributed by atoms with Crippen molar-refractivity contribution in [2.75, 3.05) is 4.90 Å². The van der Waals surface area contributed by atoms with E-state index in [1.54, 1.807) is 42.5 Å². The van der Waals surface area contributed by atoms with Gasteiger partial charge in [0.15, 0.2) is 11.4 Å². The van der Waals surface area contributed by atoms with E-state index in [2.05, 4.69) is 15.9 Å². The summed E-state index contributed by atoms with van der Waals surface area (Å²) in [7, 11) is 0. The van der Waals surface area contributed by atoms with E-state index in [1.165, 1.54) is 4.90 Å². The summed E-state index contributed by atoms with van der Waals surface area (Å²) in [6, 6.07) is 21.3. The molecule has 3 aromatic carbocycles. The number of hydrogen-bond acceptors (Lipinski definition) is 3. The zero-order valence-corrected chi connectivity index (χ0v) is 17.7. The molecule has 4 rings (SSSR count). The second-order valence-electron chi connectivity index (χ2n) is 7.01. The van der Waals surface area contributed by atoms with Gasteiger partial charge in [-0.15, -0.1) is 0 Å². The lowest BCUT2D eigenvalue weighted by atomic mass is 9.88. The zero-order chi connectivity index (χ0) is 20.6. The maximum absolute atomic E-state index is 13.3. The molecule has 0 aliphatic carbocycles. The number of carbonyl (C=O) groups excluding carboxylic acids is 2. The highest BCUT2D eigenvalue weighted by Gasteiger charge is 2.51. The van der Waals surface area contributed by atoms with Crippen molar-refractivity contribution in [1.82, 2.24) is 0 Å². The molecule has 0 aromatic heterocycles. The smallest absolute Gasteiger partial charge is 0.264 e. The molecule has 146 valence electrons. The van der Waals surface area contributed by atoms with E-state index in [0.29, 0.717) is 28.4 Å². The number of anilines is 1. The van der Waals surface area contributed by atoms with E-state index < -0.39 is 11.5 Å². The van der Waals surface area contributed by atoms with Crippen LogP contribution < -0.4 is 4.90 Å². The largest absolute Gasteiger partial charge is 0.375 e. The number of amides is 1. The first kappa shape index (κ1) is 19.8. The standard InChI is InChI=1S/C23H17BrClNO3/c24-17-8-6-16(7-9-17)21(27)13-23(29)19-12-18(25)10-11-20(19)26(22(23)28)14-15-4-2-1-3-5-15/h1-12,29H,13-14H2/t23-/m1/s1. The number of fused-ring (bicyclic) bond motifs is 1. The minimum atomic E-state index is -1.96. The minimum Gasteiger partial charge on any atom is -0.375 e. The molecule has 0 radical (unpaired) electrons. The molecule has 0 unspecified atom stereocenters. The molecule has 6 heteroatoms. The second-order valence-corrected chi connectivity index (χ2v) is 8.36. The maximum Gasteiger partial charge on any atom is 0.264 e. The van der Waals surface area contributed by atoms with Gasteiger partial charge in [-0.05, 0) is 35.9 Å². The molecule has 1 atom stereocenters. The third-order valence-corrected chi connectivity index (χ3v) is 5.82. The predicted molar refractivity (Wildman–Crippen MR) is 116 cm³/mol. The number of benzene rings is 3. The van der Waals surface area contributed by atoms with Gasteiger partial charge in [0.1, 0.15) is 0 Å². The Morgan fingerprint density at radius 3 is 2.41 bits per heavy atom. The van der Waals surface area contributed by atoms with Crippen LogP contribution in [-0.4, -0.2) is 16.8 Å². The summed E-state index contributed by atoms with van der Waals surface area (Å²) in [6.07, 6.45) is -0.355. The first-order chi connectivity index (χ1) is 13.9. The van der Waals surface area contributed by atoms with E-state index in [4.69, 9.17) is 11.6 Å². The van der Waals surface area contributed by atoms with Gasteiger partial charge in [-0.25, -0.2) is 0 Å². The van der Waals surface area contributed by atoms with Crippen LogP contribution in [0.4, 0.5) is 5.69 Å². The maximum atomic E-state index is 13.3. The summed E-state index contributed by atoms with van der Waals surface area (Å²) in [5.74, 6) is -0.843. The molecule has 4 nitrogen and oxygen atoms in total. The molecule has 0 bridgehead atoms. The molecule has 0 saturated heterocycles. The van der Waals surface area contributed by atoms with Gasteiger partial charge in [-0.3, -0.25) is 9.59 Å². The number of nitrogens with zero attached hydrogens (tertiary/aromatic N) is 1. The van der Waals surface area contributed by atoms with Crippen LogP contribution in [0.5, 0.6) is 0 Å².